The minimum absolute atomic E-state index is 0.0540. The van der Waals surface area contributed by atoms with Crippen LogP contribution < -0.4 is 5.73 Å². The van der Waals surface area contributed by atoms with E-state index in [2.05, 4.69) is 32.7 Å². The van der Waals surface area contributed by atoms with Crippen LogP contribution in [-0.2, 0) is 4.74 Å². The number of nitrogens with two attached hydrogens (primary N) is 1. The molecule has 1 saturated carbocycles. The van der Waals surface area contributed by atoms with Gasteiger partial charge in [0, 0.05) is 19.7 Å². The Hall–Kier alpha value is -0.120. The Morgan fingerprint density at radius 1 is 1.38 bits per heavy atom. The highest BCUT2D eigenvalue weighted by Crippen LogP contribution is 2.43. The first kappa shape index (κ1) is 13.9. The number of ether oxygens (including phenoxy) is 1. The highest BCUT2D eigenvalue weighted by Gasteiger charge is 2.48. The summed E-state index contributed by atoms with van der Waals surface area (Å²) in [6.45, 7) is 8.26. The van der Waals surface area contributed by atoms with Crippen molar-refractivity contribution in [2.75, 3.05) is 27.3 Å². The highest BCUT2D eigenvalue weighted by atomic mass is 16.5. The summed E-state index contributed by atoms with van der Waals surface area (Å²) in [6.07, 6.45) is 2.60. The van der Waals surface area contributed by atoms with Gasteiger partial charge in [-0.05, 0) is 38.6 Å². The predicted molar refractivity (Wildman–Crippen MR) is 68.4 cm³/mol. The molecule has 3 nitrogen and oxygen atoms in total. The van der Waals surface area contributed by atoms with Gasteiger partial charge < -0.3 is 10.5 Å². The molecule has 0 saturated heterocycles. The van der Waals surface area contributed by atoms with Gasteiger partial charge in [-0.15, -0.1) is 0 Å². The lowest BCUT2D eigenvalue weighted by atomic mass is 9.88. The Bertz CT molecular complexity index is 216. The summed E-state index contributed by atoms with van der Waals surface area (Å²) < 4.78 is 5.43. The summed E-state index contributed by atoms with van der Waals surface area (Å²) in [5.41, 5.74) is 6.11. The van der Waals surface area contributed by atoms with E-state index in [9.17, 15) is 0 Å². The van der Waals surface area contributed by atoms with Crippen molar-refractivity contribution in [1.29, 1.82) is 0 Å². The average molecular weight is 228 g/mol. The van der Waals surface area contributed by atoms with E-state index in [0.717, 1.165) is 12.5 Å². The first-order chi connectivity index (χ1) is 7.49. The van der Waals surface area contributed by atoms with Crippen molar-refractivity contribution in [2.24, 2.45) is 17.6 Å². The molecule has 1 aliphatic rings. The number of hydrogen-bond donors (Lipinski definition) is 1. The van der Waals surface area contributed by atoms with Crippen LogP contribution in [0.1, 0.15) is 33.6 Å². The molecule has 0 aromatic rings. The second-order valence-corrected chi connectivity index (χ2v) is 5.61. The van der Waals surface area contributed by atoms with E-state index in [1.54, 1.807) is 7.11 Å². The van der Waals surface area contributed by atoms with E-state index in [4.69, 9.17) is 10.5 Å². The fourth-order valence-corrected chi connectivity index (χ4v) is 2.60. The topological polar surface area (TPSA) is 38.5 Å². The van der Waals surface area contributed by atoms with Gasteiger partial charge in [-0.1, -0.05) is 13.8 Å². The van der Waals surface area contributed by atoms with Gasteiger partial charge >= 0.3 is 0 Å². The van der Waals surface area contributed by atoms with Crippen LogP contribution >= 0.6 is 0 Å². The fraction of sp³-hybridized carbons (Fsp3) is 1.00. The molecule has 1 rings (SSSR count). The minimum Gasteiger partial charge on any atom is -0.383 e. The molecule has 1 fully saturated rings. The van der Waals surface area contributed by atoms with Crippen molar-refractivity contribution in [3.05, 3.63) is 0 Å². The van der Waals surface area contributed by atoms with Crippen LogP contribution in [0.3, 0.4) is 0 Å². The summed E-state index contributed by atoms with van der Waals surface area (Å²) in [6, 6.07) is 0.541. The van der Waals surface area contributed by atoms with Crippen LogP contribution in [0.5, 0.6) is 0 Å². The third kappa shape index (κ3) is 2.58. The molecule has 16 heavy (non-hydrogen) atoms. The van der Waals surface area contributed by atoms with Crippen molar-refractivity contribution < 1.29 is 4.74 Å². The Morgan fingerprint density at radius 2 is 1.94 bits per heavy atom. The molecule has 0 aromatic carbocycles. The van der Waals surface area contributed by atoms with Crippen LogP contribution in [0.4, 0.5) is 0 Å². The predicted octanol–water partition coefficient (Wildman–Crippen LogP) is 1.72. The lowest BCUT2D eigenvalue weighted by molar-refractivity contribution is -0.0158. The molecule has 0 aliphatic heterocycles. The monoisotopic (exact) mass is 228 g/mol. The molecule has 96 valence electrons. The summed E-state index contributed by atoms with van der Waals surface area (Å²) in [4.78, 5) is 2.46. The lowest BCUT2D eigenvalue weighted by Crippen LogP contribution is -2.60. The molecule has 2 N–H and O–H groups in total. The molecule has 1 aliphatic carbocycles. The van der Waals surface area contributed by atoms with Gasteiger partial charge in [0.05, 0.1) is 12.1 Å². The maximum absolute atomic E-state index is 6.05. The molecule has 0 heterocycles. The first-order valence-corrected chi connectivity index (χ1v) is 6.41. The molecule has 0 aromatic heterocycles. The summed E-state index contributed by atoms with van der Waals surface area (Å²) in [7, 11) is 3.98. The zero-order valence-electron chi connectivity index (χ0n) is 11.5. The van der Waals surface area contributed by atoms with Gasteiger partial charge in [-0.3, -0.25) is 4.90 Å². The van der Waals surface area contributed by atoms with Crippen molar-refractivity contribution in [3.63, 3.8) is 0 Å². The Labute approximate surface area is 100 Å². The van der Waals surface area contributed by atoms with E-state index < -0.39 is 0 Å². The minimum atomic E-state index is 0.0540. The van der Waals surface area contributed by atoms with Crippen molar-refractivity contribution >= 4 is 0 Å². The van der Waals surface area contributed by atoms with Gasteiger partial charge in [-0.2, -0.15) is 0 Å². The Balaban J connectivity index is 2.81. The van der Waals surface area contributed by atoms with E-state index in [1.165, 1.54) is 12.8 Å². The van der Waals surface area contributed by atoms with Gasteiger partial charge in [0.2, 0.25) is 0 Å². The van der Waals surface area contributed by atoms with E-state index in [-0.39, 0.29) is 5.54 Å². The van der Waals surface area contributed by atoms with Crippen LogP contribution in [-0.4, -0.2) is 43.8 Å². The summed E-state index contributed by atoms with van der Waals surface area (Å²) in [5, 5.41) is 0. The van der Waals surface area contributed by atoms with Crippen molar-refractivity contribution in [1.82, 2.24) is 4.90 Å². The Kier molecular flexibility index (Phi) is 4.77. The average Bonchev–Trinajstić information content (AvgIpc) is 3.08. The maximum atomic E-state index is 6.05. The molecule has 0 radical (unpaired) electrons. The van der Waals surface area contributed by atoms with Crippen LogP contribution in [0.15, 0.2) is 0 Å². The third-order valence-electron chi connectivity index (χ3n) is 4.36. The molecule has 0 amide bonds. The molecular weight excluding hydrogens is 200 g/mol. The summed E-state index contributed by atoms with van der Waals surface area (Å²) in [5.74, 6) is 1.37. The van der Waals surface area contributed by atoms with Gasteiger partial charge in [-0.25, -0.2) is 0 Å². The maximum Gasteiger partial charge on any atom is 0.0661 e. The normalized spacial score (nSPS) is 22.5. The van der Waals surface area contributed by atoms with Crippen LogP contribution in [0.2, 0.25) is 0 Å². The zero-order chi connectivity index (χ0) is 12.3. The van der Waals surface area contributed by atoms with E-state index >= 15 is 0 Å². The van der Waals surface area contributed by atoms with E-state index in [1.807, 2.05) is 0 Å². The number of rotatable bonds is 7. The SMILES string of the molecule is COCC(CN)(C1CC1)N(C)C(C)C(C)C. The second-order valence-electron chi connectivity index (χ2n) is 5.61. The molecular formula is C13H28N2O. The van der Waals surface area contributed by atoms with Gasteiger partial charge in [0.15, 0.2) is 0 Å². The molecule has 0 spiro atoms. The number of hydrogen-bond acceptors (Lipinski definition) is 3. The van der Waals surface area contributed by atoms with Crippen molar-refractivity contribution in [3.8, 4) is 0 Å². The molecule has 0 bridgehead atoms. The Morgan fingerprint density at radius 3 is 2.25 bits per heavy atom. The van der Waals surface area contributed by atoms with Crippen molar-refractivity contribution in [2.45, 2.75) is 45.2 Å². The largest absolute Gasteiger partial charge is 0.383 e. The number of methoxy groups -OCH3 is 1. The highest BCUT2D eigenvalue weighted by molar-refractivity contribution is 5.04. The molecule has 2 unspecified atom stereocenters. The first-order valence-electron chi connectivity index (χ1n) is 6.41. The fourth-order valence-electron chi connectivity index (χ4n) is 2.60. The molecule has 3 heteroatoms. The van der Waals surface area contributed by atoms with Crippen LogP contribution in [0, 0.1) is 11.8 Å². The van der Waals surface area contributed by atoms with Crippen LogP contribution in [0.25, 0.3) is 0 Å². The van der Waals surface area contributed by atoms with Gasteiger partial charge in [0.1, 0.15) is 0 Å². The lowest BCUT2D eigenvalue weighted by Gasteiger charge is -2.45. The standard InChI is InChI=1S/C13H28N2O/c1-10(2)11(3)15(4)13(8-14,9-16-5)12-6-7-12/h10-12H,6-9,14H2,1-5H3. The second kappa shape index (κ2) is 5.48. The molecule has 2 atom stereocenters. The van der Waals surface area contributed by atoms with Gasteiger partial charge in [0.25, 0.3) is 0 Å². The summed E-state index contributed by atoms with van der Waals surface area (Å²) >= 11 is 0. The smallest absolute Gasteiger partial charge is 0.0661 e. The number of likely N-dealkylation sites (N-methyl/N-ethyl adjacent to an activating group) is 1. The quantitative estimate of drug-likeness (QED) is 0.721. The van der Waals surface area contributed by atoms with E-state index in [0.29, 0.717) is 18.5 Å². The number of nitrogens with zero attached hydrogens (tertiary/aromatic N) is 1. The zero-order valence-corrected chi connectivity index (χ0v) is 11.5. The third-order valence-corrected chi connectivity index (χ3v) is 4.36.